The van der Waals surface area contributed by atoms with E-state index in [4.69, 9.17) is 22.7 Å². The normalized spacial score (nSPS) is 20.8. The highest BCUT2D eigenvalue weighted by molar-refractivity contribution is 9.10. The number of rotatable bonds is 2. The van der Waals surface area contributed by atoms with Crippen LogP contribution in [0, 0.1) is 0 Å². The molecule has 1 unspecified atom stereocenters. The third-order valence-corrected chi connectivity index (χ3v) is 3.15. The van der Waals surface area contributed by atoms with Gasteiger partial charge in [0.05, 0.1) is 17.6 Å². The molecule has 2 heterocycles. The Labute approximate surface area is 107 Å². The van der Waals surface area contributed by atoms with Gasteiger partial charge in [0, 0.05) is 12.7 Å². The van der Waals surface area contributed by atoms with Crippen LogP contribution in [-0.2, 0) is 4.74 Å². The number of nitrogens with zero attached hydrogens (tertiary/aromatic N) is 3. The Bertz CT molecular complexity index is 403. The molecule has 1 fully saturated rings. The van der Waals surface area contributed by atoms with Crippen molar-refractivity contribution in [3.05, 3.63) is 17.0 Å². The number of aromatic nitrogens is 2. The number of hydrogen-bond donors (Lipinski definition) is 1. The highest BCUT2D eigenvalue weighted by atomic mass is 79.9. The Kier molecular flexibility index (Phi) is 3.67. The molecule has 1 aliphatic rings. The minimum Gasteiger partial charge on any atom is -0.391 e. The summed E-state index contributed by atoms with van der Waals surface area (Å²) < 4.78 is 6.32. The molecule has 0 radical (unpaired) electrons. The molecule has 1 atom stereocenters. The first-order valence-electron chi connectivity index (χ1n) is 4.80. The van der Waals surface area contributed by atoms with Crippen molar-refractivity contribution in [3.8, 4) is 0 Å². The predicted octanol–water partition coefficient (Wildman–Crippen LogP) is 0.730. The summed E-state index contributed by atoms with van der Waals surface area (Å²) in [6, 6.07) is 0. The first kappa shape index (κ1) is 11.7. The van der Waals surface area contributed by atoms with Crippen LogP contribution in [0.2, 0.25) is 0 Å². The molecule has 2 N–H and O–H groups in total. The summed E-state index contributed by atoms with van der Waals surface area (Å²) in [5, 5.41) is 0. The number of halogens is 1. The van der Waals surface area contributed by atoms with Gasteiger partial charge in [-0.2, -0.15) is 0 Å². The predicted molar refractivity (Wildman–Crippen MR) is 68.5 cm³/mol. The van der Waals surface area contributed by atoms with Crippen molar-refractivity contribution in [2.75, 3.05) is 24.6 Å². The summed E-state index contributed by atoms with van der Waals surface area (Å²) >= 11 is 8.35. The topological polar surface area (TPSA) is 64.3 Å². The lowest BCUT2D eigenvalue weighted by molar-refractivity contribution is 0.0843. The number of nitrogens with two attached hydrogens (primary N) is 1. The van der Waals surface area contributed by atoms with Gasteiger partial charge in [0.25, 0.3) is 0 Å². The van der Waals surface area contributed by atoms with E-state index in [1.165, 1.54) is 6.33 Å². The van der Waals surface area contributed by atoms with Crippen molar-refractivity contribution in [3.63, 3.8) is 0 Å². The highest BCUT2D eigenvalue weighted by Gasteiger charge is 2.24. The van der Waals surface area contributed by atoms with Crippen LogP contribution in [0.3, 0.4) is 0 Å². The van der Waals surface area contributed by atoms with Crippen LogP contribution in [0.1, 0.15) is 0 Å². The maximum Gasteiger partial charge on any atom is 0.146 e. The number of ether oxygens (including phenoxy) is 1. The first-order valence-corrected chi connectivity index (χ1v) is 6.00. The quantitative estimate of drug-likeness (QED) is 0.813. The van der Waals surface area contributed by atoms with Gasteiger partial charge >= 0.3 is 0 Å². The zero-order chi connectivity index (χ0) is 11.5. The maximum atomic E-state index is 5.58. The summed E-state index contributed by atoms with van der Waals surface area (Å²) in [4.78, 5) is 10.6. The Morgan fingerprint density at radius 3 is 3.19 bits per heavy atom. The van der Waals surface area contributed by atoms with E-state index in [1.807, 2.05) is 0 Å². The smallest absolute Gasteiger partial charge is 0.146 e. The van der Waals surface area contributed by atoms with E-state index < -0.39 is 0 Å². The molecule has 1 aliphatic heterocycles. The molecule has 7 heteroatoms. The molecule has 5 nitrogen and oxygen atoms in total. The number of thiocarbonyl (C=S) groups is 1. The van der Waals surface area contributed by atoms with Crippen LogP contribution >= 0.6 is 28.1 Å². The van der Waals surface area contributed by atoms with Gasteiger partial charge < -0.3 is 15.4 Å². The van der Waals surface area contributed by atoms with Crippen LogP contribution in [-0.4, -0.2) is 40.8 Å². The van der Waals surface area contributed by atoms with Crippen LogP contribution in [0.5, 0.6) is 0 Å². The maximum absolute atomic E-state index is 5.58. The van der Waals surface area contributed by atoms with Gasteiger partial charge in [0.2, 0.25) is 0 Å². The van der Waals surface area contributed by atoms with Crippen LogP contribution in [0.15, 0.2) is 17.0 Å². The van der Waals surface area contributed by atoms with Crippen molar-refractivity contribution in [2.24, 2.45) is 5.73 Å². The molecule has 1 aromatic heterocycles. The Hall–Kier alpha value is -0.790. The van der Waals surface area contributed by atoms with E-state index in [2.05, 4.69) is 30.8 Å². The largest absolute Gasteiger partial charge is 0.391 e. The molecule has 16 heavy (non-hydrogen) atoms. The van der Waals surface area contributed by atoms with Gasteiger partial charge in [-0.1, -0.05) is 12.2 Å². The summed E-state index contributed by atoms with van der Waals surface area (Å²) in [6.45, 7) is 2.00. The fourth-order valence-electron chi connectivity index (χ4n) is 1.55. The molecule has 1 saturated heterocycles. The van der Waals surface area contributed by atoms with Crippen molar-refractivity contribution in [1.29, 1.82) is 0 Å². The van der Waals surface area contributed by atoms with Gasteiger partial charge in [-0.3, -0.25) is 0 Å². The molecule has 0 bridgehead atoms. The summed E-state index contributed by atoms with van der Waals surface area (Å²) in [5.74, 6) is 0.847. The Morgan fingerprint density at radius 1 is 1.69 bits per heavy atom. The summed E-state index contributed by atoms with van der Waals surface area (Å²) in [5.41, 5.74) is 5.58. The summed E-state index contributed by atoms with van der Waals surface area (Å²) in [6.07, 6.45) is 3.03. The standard InChI is InChI=1S/C9H11BrN4OS/c10-6-3-12-5-13-9(6)14-1-2-15-7(4-14)8(11)16/h3,5,7H,1-2,4H2,(H2,11,16). The molecule has 0 aromatic carbocycles. The lowest BCUT2D eigenvalue weighted by Gasteiger charge is -2.33. The first-order chi connectivity index (χ1) is 7.68. The molecule has 0 aliphatic carbocycles. The number of hydrogen-bond acceptors (Lipinski definition) is 5. The number of anilines is 1. The third-order valence-electron chi connectivity index (χ3n) is 2.33. The van der Waals surface area contributed by atoms with Crippen LogP contribution < -0.4 is 10.6 Å². The summed E-state index contributed by atoms with van der Waals surface area (Å²) in [7, 11) is 0. The molecule has 0 amide bonds. The van der Waals surface area contributed by atoms with Crippen LogP contribution in [0.4, 0.5) is 5.82 Å². The Morgan fingerprint density at radius 2 is 2.50 bits per heavy atom. The van der Waals surface area contributed by atoms with Crippen molar-refractivity contribution < 1.29 is 4.74 Å². The van der Waals surface area contributed by atoms with E-state index in [0.717, 1.165) is 16.8 Å². The van der Waals surface area contributed by atoms with Gasteiger partial charge in [-0.15, -0.1) is 0 Å². The van der Waals surface area contributed by atoms with Gasteiger partial charge in [0.1, 0.15) is 23.2 Å². The minimum absolute atomic E-state index is 0.203. The monoisotopic (exact) mass is 302 g/mol. The molecule has 86 valence electrons. The lowest BCUT2D eigenvalue weighted by Crippen LogP contribution is -2.48. The average molecular weight is 303 g/mol. The van der Waals surface area contributed by atoms with E-state index >= 15 is 0 Å². The highest BCUT2D eigenvalue weighted by Crippen LogP contribution is 2.23. The van der Waals surface area contributed by atoms with Crippen molar-refractivity contribution in [2.45, 2.75) is 6.10 Å². The zero-order valence-electron chi connectivity index (χ0n) is 8.47. The second-order valence-electron chi connectivity index (χ2n) is 3.40. The SMILES string of the molecule is NC(=S)C1CN(c2ncncc2Br)CCO1. The Balaban J connectivity index is 2.16. The second-order valence-corrected chi connectivity index (χ2v) is 4.73. The third kappa shape index (κ3) is 2.47. The zero-order valence-corrected chi connectivity index (χ0v) is 10.9. The van der Waals surface area contributed by atoms with E-state index in [-0.39, 0.29) is 6.10 Å². The molecule has 2 rings (SSSR count). The molecular weight excluding hydrogens is 292 g/mol. The molecule has 0 spiro atoms. The minimum atomic E-state index is -0.203. The molecule has 0 saturated carbocycles. The van der Waals surface area contributed by atoms with Gasteiger partial charge in [0.15, 0.2) is 0 Å². The van der Waals surface area contributed by atoms with E-state index in [1.54, 1.807) is 6.20 Å². The average Bonchev–Trinajstić information content (AvgIpc) is 2.30. The van der Waals surface area contributed by atoms with Crippen molar-refractivity contribution >= 4 is 39.0 Å². The van der Waals surface area contributed by atoms with E-state index in [9.17, 15) is 0 Å². The lowest BCUT2D eigenvalue weighted by atomic mass is 10.2. The fourth-order valence-corrected chi connectivity index (χ4v) is 2.17. The van der Waals surface area contributed by atoms with Crippen LogP contribution in [0.25, 0.3) is 0 Å². The second kappa shape index (κ2) is 5.03. The number of morpholine rings is 1. The van der Waals surface area contributed by atoms with Gasteiger partial charge in [-0.05, 0) is 15.9 Å². The fraction of sp³-hybridized carbons (Fsp3) is 0.444. The molecular formula is C9H11BrN4OS. The van der Waals surface area contributed by atoms with Crippen molar-refractivity contribution in [1.82, 2.24) is 9.97 Å². The van der Waals surface area contributed by atoms with E-state index in [0.29, 0.717) is 18.1 Å². The van der Waals surface area contributed by atoms with Gasteiger partial charge in [-0.25, -0.2) is 9.97 Å². The molecule has 1 aromatic rings.